The van der Waals surface area contributed by atoms with E-state index in [0.717, 1.165) is 21.3 Å². The van der Waals surface area contributed by atoms with E-state index in [0.29, 0.717) is 18.4 Å². The third-order valence-corrected chi connectivity index (χ3v) is 3.86. The lowest BCUT2D eigenvalue weighted by Crippen LogP contribution is -2.14. The second-order valence-corrected chi connectivity index (χ2v) is 7.18. The van der Waals surface area contributed by atoms with Gasteiger partial charge >= 0.3 is 0 Å². The van der Waals surface area contributed by atoms with E-state index in [1.54, 1.807) is 0 Å². The Morgan fingerprint density at radius 1 is 1.14 bits per heavy atom. The molecular weight excluding hydrogens is 350 g/mol. The van der Waals surface area contributed by atoms with Gasteiger partial charge < -0.3 is 4.74 Å². The van der Waals surface area contributed by atoms with Crippen molar-refractivity contribution in [1.29, 1.82) is 0 Å². The average molecular weight is 369 g/mol. The van der Waals surface area contributed by atoms with Gasteiger partial charge in [0, 0.05) is 21.8 Å². The minimum atomic E-state index is -0.0318. The molecule has 2 aromatic rings. The maximum absolute atomic E-state index is 5.97. The molecule has 1 heterocycles. The van der Waals surface area contributed by atoms with Crippen LogP contribution in [0.3, 0.4) is 0 Å². The van der Waals surface area contributed by atoms with Crippen molar-refractivity contribution in [3.05, 3.63) is 57.7 Å². The number of hydrogen-bond donors (Lipinski definition) is 0. The van der Waals surface area contributed by atoms with Crippen molar-refractivity contribution in [3.8, 4) is 5.88 Å². The molecule has 4 heteroatoms. The van der Waals surface area contributed by atoms with Crippen molar-refractivity contribution in [2.24, 2.45) is 0 Å². The molecule has 0 saturated carbocycles. The fourth-order valence-electron chi connectivity index (χ4n) is 1.88. The summed E-state index contributed by atoms with van der Waals surface area (Å²) >= 11 is 9.43. The third kappa shape index (κ3) is 4.72. The van der Waals surface area contributed by atoms with E-state index in [9.17, 15) is 0 Å². The first-order valence-electron chi connectivity index (χ1n) is 6.83. The monoisotopic (exact) mass is 367 g/mol. The summed E-state index contributed by atoms with van der Waals surface area (Å²) in [5.74, 6) is 1.08. The molecule has 0 fully saturated rings. The normalized spacial score (nSPS) is 11.5. The van der Waals surface area contributed by atoms with E-state index in [2.05, 4.69) is 41.7 Å². The van der Waals surface area contributed by atoms with Crippen LogP contribution in [0.25, 0.3) is 0 Å². The number of rotatable bonds is 4. The molecule has 0 aliphatic rings. The topological polar surface area (TPSA) is 22.1 Å². The number of ether oxygens (including phenoxy) is 1. The summed E-state index contributed by atoms with van der Waals surface area (Å²) in [6, 6.07) is 12.0. The molecule has 1 aromatic carbocycles. The van der Waals surface area contributed by atoms with Gasteiger partial charge in [0.2, 0.25) is 5.88 Å². The van der Waals surface area contributed by atoms with Crippen LogP contribution in [-0.2, 0) is 17.9 Å². The zero-order chi connectivity index (χ0) is 15.5. The predicted molar refractivity (Wildman–Crippen MR) is 91.0 cm³/mol. The van der Waals surface area contributed by atoms with Gasteiger partial charge in [-0.15, -0.1) is 11.6 Å². The van der Waals surface area contributed by atoms with Gasteiger partial charge in [-0.05, 0) is 29.3 Å². The largest absolute Gasteiger partial charge is 0.473 e. The Balaban J connectivity index is 2.19. The second kappa shape index (κ2) is 6.80. The lowest BCUT2D eigenvalue weighted by atomic mass is 9.91. The van der Waals surface area contributed by atoms with Crippen LogP contribution in [0, 0.1) is 0 Å². The second-order valence-electron chi connectivity index (χ2n) is 6.00. The summed E-state index contributed by atoms with van der Waals surface area (Å²) in [6.45, 7) is 6.88. The maximum Gasteiger partial charge on any atom is 0.214 e. The Morgan fingerprint density at radius 2 is 1.90 bits per heavy atom. The van der Waals surface area contributed by atoms with E-state index in [1.807, 2.05) is 36.4 Å². The number of alkyl halides is 1. The molecule has 0 aliphatic heterocycles. The highest BCUT2D eigenvalue weighted by Gasteiger charge is 2.17. The van der Waals surface area contributed by atoms with Crippen LogP contribution in [0.4, 0.5) is 0 Å². The first-order valence-corrected chi connectivity index (χ1v) is 8.16. The van der Waals surface area contributed by atoms with Crippen molar-refractivity contribution in [2.45, 2.75) is 38.7 Å². The Labute approximate surface area is 139 Å². The molecule has 0 spiro atoms. The summed E-state index contributed by atoms with van der Waals surface area (Å²) in [5.41, 5.74) is 3.08. The van der Waals surface area contributed by atoms with Crippen molar-refractivity contribution in [2.75, 3.05) is 0 Å². The van der Waals surface area contributed by atoms with Gasteiger partial charge in [0.15, 0.2) is 0 Å². The molecule has 0 amide bonds. The number of pyridine rings is 1. The molecule has 1 aromatic heterocycles. The summed E-state index contributed by atoms with van der Waals surface area (Å²) in [7, 11) is 0. The van der Waals surface area contributed by atoms with Gasteiger partial charge in [0.1, 0.15) is 6.61 Å². The number of halogens is 2. The zero-order valence-electron chi connectivity index (χ0n) is 12.5. The van der Waals surface area contributed by atoms with Crippen LogP contribution in [-0.4, -0.2) is 4.98 Å². The Hall–Kier alpha value is -1.06. The number of benzene rings is 1. The zero-order valence-corrected chi connectivity index (χ0v) is 14.8. The highest BCUT2D eigenvalue weighted by molar-refractivity contribution is 9.10. The Bertz CT molecular complexity index is 622. The standard InChI is InChI=1S/C17H19BrClNO/c1-17(2,3)15-8-13(10-19)9-16(20-15)21-11-12-5-4-6-14(18)7-12/h4-9H,10-11H2,1-3H3. The maximum atomic E-state index is 5.97. The Morgan fingerprint density at radius 3 is 2.52 bits per heavy atom. The smallest absolute Gasteiger partial charge is 0.214 e. The summed E-state index contributed by atoms with van der Waals surface area (Å²) < 4.78 is 6.88. The van der Waals surface area contributed by atoms with Crippen molar-refractivity contribution in [1.82, 2.24) is 4.98 Å². The van der Waals surface area contributed by atoms with E-state index >= 15 is 0 Å². The van der Waals surface area contributed by atoms with Gasteiger partial charge in [0.25, 0.3) is 0 Å². The molecule has 21 heavy (non-hydrogen) atoms. The predicted octanol–water partition coefficient (Wildman–Crippen LogP) is 5.46. The minimum Gasteiger partial charge on any atom is -0.473 e. The fourth-order valence-corrected chi connectivity index (χ4v) is 2.48. The van der Waals surface area contributed by atoms with Gasteiger partial charge in [-0.3, -0.25) is 0 Å². The molecule has 0 saturated heterocycles. The van der Waals surface area contributed by atoms with Crippen LogP contribution in [0.5, 0.6) is 5.88 Å². The van der Waals surface area contributed by atoms with Crippen LogP contribution in [0.1, 0.15) is 37.6 Å². The van der Waals surface area contributed by atoms with Crippen LogP contribution in [0.2, 0.25) is 0 Å². The van der Waals surface area contributed by atoms with E-state index < -0.39 is 0 Å². The van der Waals surface area contributed by atoms with Gasteiger partial charge in [0.05, 0.1) is 5.69 Å². The number of aromatic nitrogens is 1. The molecule has 0 aliphatic carbocycles. The average Bonchev–Trinajstić information content (AvgIpc) is 2.44. The number of hydrogen-bond acceptors (Lipinski definition) is 2. The molecular formula is C17H19BrClNO. The molecule has 0 radical (unpaired) electrons. The fraction of sp³-hybridized carbons (Fsp3) is 0.353. The van der Waals surface area contributed by atoms with E-state index in [4.69, 9.17) is 16.3 Å². The summed E-state index contributed by atoms with van der Waals surface area (Å²) in [6.07, 6.45) is 0. The highest BCUT2D eigenvalue weighted by atomic mass is 79.9. The summed E-state index contributed by atoms with van der Waals surface area (Å²) in [4.78, 5) is 4.60. The van der Waals surface area contributed by atoms with E-state index in [1.165, 1.54) is 0 Å². The Kier molecular flexibility index (Phi) is 5.28. The first kappa shape index (κ1) is 16.3. The van der Waals surface area contributed by atoms with Crippen LogP contribution in [0.15, 0.2) is 40.9 Å². The molecule has 0 unspecified atom stereocenters. The SMILES string of the molecule is CC(C)(C)c1cc(CCl)cc(OCc2cccc(Br)c2)n1. The van der Waals surface area contributed by atoms with Crippen molar-refractivity contribution in [3.63, 3.8) is 0 Å². The van der Waals surface area contributed by atoms with Crippen LogP contribution >= 0.6 is 27.5 Å². The molecule has 0 bridgehead atoms. The minimum absolute atomic E-state index is 0.0318. The summed E-state index contributed by atoms with van der Waals surface area (Å²) in [5, 5.41) is 0. The molecule has 0 atom stereocenters. The third-order valence-electron chi connectivity index (χ3n) is 3.06. The molecule has 2 nitrogen and oxygen atoms in total. The van der Waals surface area contributed by atoms with Crippen molar-refractivity contribution < 1.29 is 4.74 Å². The first-order chi connectivity index (χ1) is 9.88. The molecule has 2 rings (SSSR count). The van der Waals surface area contributed by atoms with Gasteiger partial charge in [-0.2, -0.15) is 0 Å². The quantitative estimate of drug-likeness (QED) is 0.669. The lowest BCUT2D eigenvalue weighted by Gasteiger charge is -2.19. The van der Waals surface area contributed by atoms with E-state index in [-0.39, 0.29) is 5.41 Å². The lowest BCUT2D eigenvalue weighted by molar-refractivity contribution is 0.291. The van der Waals surface area contributed by atoms with Gasteiger partial charge in [-0.25, -0.2) is 4.98 Å². The number of nitrogens with zero attached hydrogens (tertiary/aromatic N) is 1. The highest BCUT2D eigenvalue weighted by Crippen LogP contribution is 2.25. The molecule has 112 valence electrons. The van der Waals surface area contributed by atoms with Crippen LogP contribution < -0.4 is 4.74 Å². The molecule has 0 N–H and O–H groups in total. The van der Waals surface area contributed by atoms with Gasteiger partial charge in [-0.1, -0.05) is 48.8 Å². The van der Waals surface area contributed by atoms with Crippen molar-refractivity contribution >= 4 is 27.5 Å².